The van der Waals surface area contributed by atoms with Gasteiger partial charge in [0.25, 0.3) is 0 Å². The Kier molecular flexibility index (Phi) is 3.61. The number of alkyl halides is 3. The van der Waals surface area contributed by atoms with E-state index in [2.05, 4.69) is 15.3 Å². The normalized spacial score (nSPS) is 11.5. The molecule has 0 amide bonds. The highest BCUT2D eigenvalue weighted by molar-refractivity contribution is 5.62. The molecule has 2 aromatic rings. The Balaban J connectivity index is 2.64. The van der Waals surface area contributed by atoms with Gasteiger partial charge in [0, 0.05) is 12.6 Å². The van der Waals surface area contributed by atoms with E-state index in [-0.39, 0.29) is 17.2 Å². The minimum absolute atomic E-state index is 0.00870. The predicted molar refractivity (Wildman–Crippen MR) is 66.7 cm³/mol. The molecule has 0 saturated carbocycles. The second kappa shape index (κ2) is 5.07. The quantitative estimate of drug-likeness (QED) is 0.856. The molecule has 3 nitrogen and oxygen atoms in total. The van der Waals surface area contributed by atoms with Crippen LogP contribution in [0.2, 0.25) is 0 Å². The summed E-state index contributed by atoms with van der Waals surface area (Å²) in [5, 5.41) is 2.44. The number of anilines is 1. The Morgan fingerprint density at radius 1 is 1.10 bits per heavy atom. The molecule has 0 radical (unpaired) electrons. The van der Waals surface area contributed by atoms with Crippen LogP contribution in [0.3, 0.4) is 0 Å². The monoisotopic (exact) mass is 285 g/mol. The number of nitrogens with one attached hydrogen (secondary N) is 1. The van der Waals surface area contributed by atoms with Crippen molar-refractivity contribution in [2.45, 2.75) is 13.1 Å². The first-order valence-corrected chi connectivity index (χ1v) is 5.72. The van der Waals surface area contributed by atoms with Gasteiger partial charge in [0.1, 0.15) is 5.82 Å². The Morgan fingerprint density at radius 2 is 1.80 bits per heavy atom. The Morgan fingerprint density at radius 3 is 2.40 bits per heavy atom. The Labute approximate surface area is 112 Å². The average molecular weight is 285 g/mol. The van der Waals surface area contributed by atoms with E-state index in [1.54, 1.807) is 6.92 Å². The zero-order chi connectivity index (χ0) is 14.9. The molecule has 0 unspecified atom stereocenters. The van der Waals surface area contributed by atoms with Crippen LogP contribution in [0, 0.1) is 12.7 Å². The maximum atomic E-state index is 13.8. The topological polar surface area (TPSA) is 37.8 Å². The molecule has 1 heterocycles. The summed E-state index contributed by atoms with van der Waals surface area (Å²) in [6.45, 7) is 1.72. The lowest BCUT2D eigenvalue weighted by atomic mass is 10.1. The lowest BCUT2D eigenvalue weighted by Gasteiger charge is -2.11. The second-order valence-electron chi connectivity index (χ2n) is 4.19. The number of nitrogens with zero attached hydrogens (tertiary/aromatic N) is 2. The SMILES string of the molecule is CNc1nc(-c2cc(C)ccc2F)cc(C(F)(F)F)n1. The number of benzene rings is 1. The number of aromatic nitrogens is 2. The van der Waals surface area contributed by atoms with Crippen molar-refractivity contribution in [1.29, 1.82) is 0 Å². The molecule has 0 atom stereocenters. The van der Waals surface area contributed by atoms with Crippen molar-refractivity contribution in [3.63, 3.8) is 0 Å². The molecule has 106 valence electrons. The van der Waals surface area contributed by atoms with Crippen molar-refractivity contribution in [1.82, 2.24) is 9.97 Å². The van der Waals surface area contributed by atoms with Crippen molar-refractivity contribution in [3.8, 4) is 11.3 Å². The van der Waals surface area contributed by atoms with Crippen LogP contribution in [0.5, 0.6) is 0 Å². The zero-order valence-corrected chi connectivity index (χ0v) is 10.7. The number of hydrogen-bond acceptors (Lipinski definition) is 3. The van der Waals surface area contributed by atoms with Crippen LogP contribution in [0.25, 0.3) is 11.3 Å². The largest absolute Gasteiger partial charge is 0.433 e. The van der Waals surface area contributed by atoms with Gasteiger partial charge in [0.2, 0.25) is 5.95 Å². The fraction of sp³-hybridized carbons (Fsp3) is 0.231. The molecule has 0 aliphatic rings. The van der Waals surface area contributed by atoms with E-state index in [1.165, 1.54) is 25.2 Å². The first-order valence-electron chi connectivity index (χ1n) is 5.72. The molecule has 1 N–H and O–H groups in total. The van der Waals surface area contributed by atoms with E-state index in [0.29, 0.717) is 0 Å². The number of rotatable bonds is 2. The van der Waals surface area contributed by atoms with Gasteiger partial charge in [-0.15, -0.1) is 0 Å². The van der Waals surface area contributed by atoms with Gasteiger partial charge in [0.05, 0.1) is 5.69 Å². The molecule has 7 heteroatoms. The minimum atomic E-state index is -4.62. The van der Waals surface area contributed by atoms with Crippen molar-refractivity contribution >= 4 is 5.95 Å². The van der Waals surface area contributed by atoms with Gasteiger partial charge in [0.15, 0.2) is 5.69 Å². The van der Waals surface area contributed by atoms with Gasteiger partial charge in [-0.1, -0.05) is 11.6 Å². The van der Waals surface area contributed by atoms with Crippen LogP contribution in [0.15, 0.2) is 24.3 Å². The maximum Gasteiger partial charge on any atom is 0.433 e. The van der Waals surface area contributed by atoms with E-state index < -0.39 is 17.7 Å². The summed E-state index contributed by atoms with van der Waals surface area (Å²) < 4.78 is 52.1. The van der Waals surface area contributed by atoms with Crippen molar-refractivity contribution in [2.24, 2.45) is 0 Å². The second-order valence-corrected chi connectivity index (χ2v) is 4.19. The Hall–Kier alpha value is -2.18. The minimum Gasteiger partial charge on any atom is -0.357 e. The van der Waals surface area contributed by atoms with Gasteiger partial charge in [-0.05, 0) is 25.1 Å². The smallest absolute Gasteiger partial charge is 0.357 e. The third-order valence-electron chi connectivity index (χ3n) is 2.64. The summed E-state index contributed by atoms with van der Waals surface area (Å²) in [7, 11) is 1.39. The maximum absolute atomic E-state index is 13.8. The molecular formula is C13H11F4N3. The highest BCUT2D eigenvalue weighted by Crippen LogP contribution is 2.32. The van der Waals surface area contributed by atoms with Gasteiger partial charge in [-0.2, -0.15) is 13.2 Å². The van der Waals surface area contributed by atoms with Crippen LogP contribution in [-0.2, 0) is 6.18 Å². The van der Waals surface area contributed by atoms with Gasteiger partial charge >= 0.3 is 6.18 Å². The average Bonchev–Trinajstić information content (AvgIpc) is 2.40. The van der Waals surface area contributed by atoms with E-state index in [9.17, 15) is 17.6 Å². The Bertz CT molecular complexity index is 638. The van der Waals surface area contributed by atoms with Gasteiger partial charge in [-0.25, -0.2) is 14.4 Å². The summed E-state index contributed by atoms with van der Waals surface area (Å²) in [5.74, 6) is -0.847. The van der Waals surface area contributed by atoms with E-state index in [1.807, 2.05) is 0 Å². The summed E-state index contributed by atoms with van der Waals surface area (Å²) in [4.78, 5) is 7.21. The van der Waals surface area contributed by atoms with Crippen LogP contribution in [-0.4, -0.2) is 17.0 Å². The molecule has 0 aliphatic heterocycles. The van der Waals surface area contributed by atoms with Crippen LogP contribution < -0.4 is 5.32 Å². The fourth-order valence-electron chi connectivity index (χ4n) is 1.68. The zero-order valence-electron chi connectivity index (χ0n) is 10.7. The van der Waals surface area contributed by atoms with Crippen molar-refractivity contribution in [2.75, 3.05) is 12.4 Å². The third-order valence-corrected chi connectivity index (χ3v) is 2.64. The summed E-state index contributed by atoms with van der Waals surface area (Å²) in [5.41, 5.74) is -0.500. The van der Waals surface area contributed by atoms with E-state index in [4.69, 9.17) is 0 Å². The summed E-state index contributed by atoms with van der Waals surface area (Å²) >= 11 is 0. The molecule has 0 spiro atoms. The van der Waals surface area contributed by atoms with Gasteiger partial charge < -0.3 is 5.32 Å². The third kappa shape index (κ3) is 2.87. The standard InChI is InChI=1S/C13H11F4N3/c1-7-3-4-9(14)8(5-7)10-6-11(13(15,16)17)20-12(18-2)19-10/h3-6H,1-2H3,(H,18,19,20). The molecule has 1 aromatic heterocycles. The number of aryl methyl sites for hydroxylation is 1. The van der Waals surface area contributed by atoms with E-state index in [0.717, 1.165) is 11.6 Å². The summed E-state index contributed by atoms with van der Waals surface area (Å²) in [6.07, 6.45) is -4.62. The van der Waals surface area contributed by atoms with Crippen molar-refractivity contribution < 1.29 is 17.6 Å². The highest BCUT2D eigenvalue weighted by atomic mass is 19.4. The first-order chi connectivity index (χ1) is 9.31. The fourth-order valence-corrected chi connectivity index (χ4v) is 1.68. The number of halogens is 4. The van der Waals surface area contributed by atoms with Crippen molar-refractivity contribution in [3.05, 3.63) is 41.3 Å². The molecule has 0 saturated heterocycles. The molecule has 0 bridgehead atoms. The van der Waals surface area contributed by atoms with Crippen LogP contribution >= 0.6 is 0 Å². The lowest BCUT2D eigenvalue weighted by Crippen LogP contribution is -2.11. The molecule has 2 rings (SSSR count). The van der Waals surface area contributed by atoms with Gasteiger partial charge in [-0.3, -0.25) is 0 Å². The summed E-state index contributed by atoms with van der Waals surface area (Å²) in [6, 6.07) is 4.90. The molecule has 1 aromatic carbocycles. The van der Waals surface area contributed by atoms with Crippen LogP contribution in [0.4, 0.5) is 23.5 Å². The number of hydrogen-bond donors (Lipinski definition) is 1. The highest BCUT2D eigenvalue weighted by Gasteiger charge is 2.34. The molecule has 0 fully saturated rings. The molecule has 20 heavy (non-hydrogen) atoms. The van der Waals surface area contributed by atoms with Crippen LogP contribution in [0.1, 0.15) is 11.3 Å². The molecule has 0 aliphatic carbocycles. The lowest BCUT2D eigenvalue weighted by molar-refractivity contribution is -0.141. The first kappa shape index (κ1) is 14.2. The predicted octanol–water partition coefficient (Wildman–Crippen LogP) is 3.65. The molecular weight excluding hydrogens is 274 g/mol. The van der Waals surface area contributed by atoms with E-state index >= 15 is 0 Å².